The van der Waals surface area contributed by atoms with Crippen LogP contribution >= 0.6 is 0 Å². The van der Waals surface area contributed by atoms with Gasteiger partial charge in [-0.1, -0.05) is 31.2 Å². The van der Waals surface area contributed by atoms with E-state index in [-0.39, 0.29) is 23.4 Å². The van der Waals surface area contributed by atoms with Gasteiger partial charge < -0.3 is 10.6 Å². The van der Waals surface area contributed by atoms with E-state index in [1.54, 1.807) is 23.6 Å². The van der Waals surface area contributed by atoms with Gasteiger partial charge in [0.15, 0.2) is 0 Å². The Bertz CT molecular complexity index is 1090. The third-order valence-electron chi connectivity index (χ3n) is 4.93. The summed E-state index contributed by atoms with van der Waals surface area (Å²) < 4.78 is 1.54. The lowest BCUT2D eigenvalue weighted by molar-refractivity contribution is -0.122. The van der Waals surface area contributed by atoms with Crippen molar-refractivity contribution in [2.75, 3.05) is 5.32 Å². The van der Waals surface area contributed by atoms with Crippen LogP contribution in [0.2, 0.25) is 0 Å². The van der Waals surface area contributed by atoms with Crippen LogP contribution in [0.4, 0.5) is 5.69 Å². The van der Waals surface area contributed by atoms with Crippen LogP contribution in [0.1, 0.15) is 44.7 Å². The normalized spacial score (nSPS) is 11.8. The summed E-state index contributed by atoms with van der Waals surface area (Å²) in [5.41, 5.74) is 2.27. The molecule has 2 amide bonds. The van der Waals surface area contributed by atoms with Gasteiger partial charge in [0.1, 0.15) is 0 Å². The van der Waals surface area contributed by atoms with E-state index >= 15 is 0 Å². The summed E-state index contributed by atoms with van der Waals surface area (Å²) in [4.78, 5) is 40.5. The molecule has 0 aliphatic heterocycles. The van der Waals surface area contributed by atoms with Gasteiger partial charge in [0.25, 0.3) is 5.56 Å². The second-order valence-corrected chi connectivity index (χ2v) is 7.18. The number of hydrogen-bond acceptors (Lipinski definition) is 4. The van der Waals surface area contributed by atoms with E-state index < -0.39 is 0 Å². The van der Waals surface area contributed by atoms with E-state index in [2.05, 4.69) is 15.6 Å². The smallest absolute Gasteiger partial charge is 0.261 e. The average Bonchev–Trinajstić information content (AvgIpc) is 2.76. The van der Waals surface area contributed by atoms with Gasteiger partial charge in [-0.3, -0.25) is 19.0 Å². The first-order valence-electron chi connectivity index (χ1n) is 10.1. The SMILES string of the molecule is CCC(=O)Nc1ccc(C(C)NC(=O)CCCn2cnc3ccccc3c2=O)cc1. The Morgan fingerprint density at radius 3 is 2.53 bits per heavy atom. The van der Waals surface area contributed by atoms with Gasteiger partial charge in [-0.15, -0.1) is 0 Å². The molecule has 1 heterocycles. The molecule has 3 aromatic rings. The Labute approximate surface area is 175 Å². The molecule has 156 valence electrons. The van der Waals surface area contributed by atoms with Crippen molar-refractivity contribution in [3.8, 4) is 0 Å². The summed E-state index contributed by atoms with van der Waals surface area (Å²) in [6.07, 6.45) is 2.81. The number of anilines is 1. The molecule has 1 aromatic heterocycles. The summed E-state index contributed by atoms with van der Waals surface area (Å²) in [6.45, 7) is 4.15. The third kappa shape index (κ3) is 5.31. The molecule has 0 bridgehead atoms. The topological polar surface area (TPSA) is 93.1 Å². The van der Waals surface area contributed by atoms with Crippen LogP contribution in [0, 0.1) is 0 Å². The van der Waals surface area contributed by atoms with Crippen molar-refractivity contribution in [2.45, 2.75) is 45.7 Å². The van der Waals surface area contributed by atoms with E-state index in [4.69, 9.17) is 0 Å². The van der Waals surface area contributed by atoms with E-state index in [9.17, 15) is 14.4 Å². The zero-order valence-corrected chi connectivity index (χ0v) is 17.2. The Morgan fingerprint density at radius 2 is 1.80 bits per heavy atom. The molecule has 0 aliphatic carbocycles. The van der Waals surface area contributed by atoms with Gasteiger partial charge in [0.2, 0.25) is 11.8 Å². The predicted octanol–water partition coefficient (Wildman–Crippen LogP) is 3.40. The lowest BCUT2D eigenvalue weighted by Crippen LogP contribution is -2.27. The Kier molecular flexibility index (Phi) is 6.95. The van der Waals surface area contributed by atoms with Crippen LogP contribution in [-0.4, -0.2) is 21.4 Å². The van der Waals surface area contributed by atoms with Gasteiger partial charge >= 0.3 is 0 Å². The van der Waals surface area contributed by atoms with Crippen LogP contribution in [0.15, 0.2) is 59.7 Å². The molecule has 0 saturated carbocycles. The fraction of sp³-hybridized carbons (Fsp3) is 0.304. The number of carbonyl (C=O) groups excluding carboxylic acids is 2. The second kappa shape index (κ2) is 9.82. The molecular formula is C23H26N4O3. The van der Waals surface area contributed by atoms with E-state index in [1.165, 1.54) is 6.33 Å². The third-order valence-corrected chi connectivity index (χ3v) is 4.93. The highest BCUT2D eigenvalue weighted by Gasteiger charge is 2.10. The zero-order valence-electron chi connectivity index (χ0n) is 17.2. The molecule has 0 aliphatic rings. The van der Waals surface area contributed by atoms with Crippen LogP contribution in [0.25, 0.3) is 10.9 Å². The number of amides is 2. The fourth-order valence-electron chi connectivity index (χ4n) is 3.18. The Balaban J connectivity index is 1.50. The number of rotatable bonds is 8. The van der Waals surface area contributed by atoms with Crippen molar-refractivity contribution in [1.29, 1.82) is 0 Å². The molecule has 1 atom stereocenters. The quantitative estimate of drug-likeness (QED) is 0.600. The minimum atomic E-state index is -0.154. The number of fused-ring (bicyclic) bond motifs is 1. The first-order chi connectivity index (χ1) is 14.5. The van der Waals surface area contributed by atoms with Gasteiger partial charge in [-0.25, -0.2) is 4.98 Å². The van der Waals surface area contributed by atoms with Crippen molar-refractivity contribution in [3.63, 3.8) is 0 Å². The van der Waals surface area contributed by atoms with E-state index in [0.717, 1.165) is 11.3 Å². The molecular weight excluding hydrogens is 380 g/mol. The molecule has 0 fully saturated rings. The van der Waals surface area contributed by atoms with E-state index in [0.29, 0.717) is 36.7 Å². The first kappa shape index (κ1) is 21.2. The highest BCUT2D eigenvalue weighted by Crippen LogP contribution is 2.16. The predicted molar refractivity (Wildman–Crippen MR) is 117 cm³/mol. The summed E-state index contributed by atoms with van der Waals surface area (Å²) >= 11 is 0. The summed E-state index contributed by atoms with van der Waals surface area (Å²) in [5, 5.41) is 6.35. The average molecular weight is 406 g/mol. The van der Waals surface area contributed by atoms with Crippen LogP contribution < -0.4 is 16.2 Å². The van der Waals surface area contributed by atoms with Gasteiger partial charge in [0, 0.05) is 25.1 Å². The van der Waals surface area contributed by atoms with Crippen LogP contribution in [-0.2, 0) is 16.1 Å². The molecule has 0 saturated heterocycles. The number of aromatic nitrogens is 2. The van der Waals surface area contributed by atoms with Crippen molar-refractivity contribution >= 4 is 28.4 Å². The highest BCUT2D eigenvalue weighted by molar-refractivity contribution is 5.90. The lowest BCUT2D eigenvalue weighted by Gasteiger charge is -2.15. The van der Waals surface area contributed by atoms with Crippen LogP contribution in [0.5, 0.6) is 0 Å². The molecule has 30 heavy (non-hydrogen) atoms. The van der Waals surface area contributed by atoms with Crippen molar-refractivity contribution in [2.24, 2.45) is 0 Å². The fourth-order valence-corrected chi connectivity index (χ4v) is 3.18. The standard InChI is InChI=1S/C23H26N4O3/c1-3-21(28)26-18-12-10-17(11-13-18)16(2)25-22(29)9-6-14-27-15-24-20-8-5-4-7-19(20)23(27)30/h4-5,7-8,10-13,15-16H,3,6,9,14H2,1-2H3,(H,25,29)(H,26,28). The molecule has 0 radical (unpaired) electrons. The maximum absolute atomic E-state index is 12.5. The Morgan fingerprint density at radius 1 is 1.07 bits per heavy atom. The molecule has 7 nitrogen and oxygen atoms in total. The molecule has 7 heteroatoms. The first-order valence-corrected chi connectivity index (χ1v) is 10.1. The minimum Gasteiger partial charge on any atom is -0.350 e. The number of benzene rings is 2. The van der Waals surface area contributed by atoms with Crippen LogP contribution in [0.3, 0.4) is 0 Å². The minimum absolute atomic E-state index is 0.0372. The maximum Gasteiger partial charge on any atom is 0.261 e. The van der Waals surface area contributed by atoms with Gasteiger partial charge in [-0.2, -0.15) is 0 Å². The molecule has 2 aromatic carbocycles. The van der Waals surface area contributed by atoms with Crippen molar-refractivity contribution < 1.29 is 9.59 Å². The highest BCUT2D eigenvalue weighted by atomic mass is 16.2. The maximum atomic E-state index is 12.5. The Hall–Kier alpha value is -3.48. The number of para-hydroxylation sites is 1. The number of aryl methyl sites for hydroxylation is 1. The number of carbonyl (C=O) groups is 2. The summed E-state index contributed by atoms with van der Waals surface area (Å²) in [7, 11) is 0. The largest absolute Gasteiger partial charge is 0.350 e. The van der Waals surface area contributed by atoms with Crippen molar-refractivity contribution in [1.82, 2.24) is 14.9 Å². The molecule has 0 spiro atoms. The molecule has 3 rings (SSSR count). The molecule has 2 N–H and O–H groups in total. The zero-order chi connectivity index (χ0) is 21.5. The molecule has 1 unspecified atom stereocenters. The monoisotopic (exact) mass is 406 g/mol. The summed E-state index contributed by atoms with van der Waals surface area (Å²) in [6, 6.07) is 14.5. The van der Waals surface area contributed by atoms with Crippen molar-refractivity contribution in [3.05, 3.63) is 70.8 Å². The number of hydrogen-bond donors (Lipinski definition) is 2. The van der Waals surface area contributed by atoms with E-state index in [1.807, 2.05) is 43.3 Å². The number of nitrogens with zero attached hydrogens (tertiary/aromatic N) is 2. The second-order valence-electron chi connectivity index (χ2n) is 7.18. The van der Waals surface area contributed by atoms with Gasteiger partial charge in [-0.05, 0) is 43.2 Å². The summed E-state index contributed by atoms with van der Waals surface area (Å²) in [5.74, 6) is -0.113. The lowest BCUT2D eigenvalue weighted by atomic mass is 10.1. The van der Waals surface area contributed by atoms with Gasteiger partial charge in [0.05, 0.1) is 23.3 Å². The number of nitrogens with one attached hydrogen (secondary N) is 2.